The SMILES string of the molecule is Cc1nc2c(C(N)=NC=N)cc(-c3ccnc(N)c3)cc2n1/C=C/C=N. The van der Waals surface area contributed by atoms with Crippen LogP contribution in [-0.2, 0) is 0 Å². The van der Waals surface area contributed by atoms with Crippen molar-refractivity contribution in [1.29, 1.82) is 10.8 Å². The van der Waals surface area contributed by atoms with Gasteiger partial charge in [0.05, 0.1) is 5.52 Å². The largest absolute Gasteiger partial charge is 0.384 e. The number of hydrogen-bond acceptors (Lipinski definition) is 5. The number of aryl methyl sites for hydroxylation is 1. The maximum absolute atomic E-state index is 7.22. The molecule has 1 aromatic carbocycles. The molecule has 0 aliphatic heterocycles. The van der Waals surface area contributed by atoms with Gasteiger partial charge in [-0.25, -0.2) is 15.0 Å². The number of allylic oxidation sites excluding steroid dienone is 1. The molecule has 0 aliphatic rings. The van der Waals surface area contributed by atoms with Crippen molar-refractivity contribution in [3.63, 3.8) is 0 Å². The summed E-state index contributed by atoms with van der Waals surface area (Å²) in [6, 6.07) is 7.47. The minimum absolute atomic E-state index is 0.203. The Labute approximate surface area is 149 Å². The lowest BCUT2D eigenvalue weighted by molar-refractivity contribution is 1.06. The van der Waals surface area contributed by atoms with Gasteiger partial charge in [-0.15, -0.1) is 0 Å². The first-order chi connectivity index (χ1) is 12.5. The smallest absolute Gasteiger partial charge is 0.134 e. The normalized spacial score (nSPS) is 12.0. The maximum atomic E-state index is 7.22. The molecule has 8 nitrogen and oxygen atoms in total. The van der Waals surface area contributed by atoms with Crippen molar-refractivity contribution in [2.45, 2.75) is 6.92 Å². The molecule has 3 rings (SSSR count). The van der Waals surface area contributed by atoms with E-state index in [2.05, 4.69) is 15.0 Å². The number of anilines is 1. The quantitative estimate of drug-likeness (QED) is 0.415. The molecule has 2 aromatic heterocycles. The second-order valence-corrected chi connectivity index (χ2v) is 5.54. The molecule has 26 heavy (non-hydrogen) atoms. The van der Waals surface area contributed by atoms with Crippen LogP contribution in [0.3, 0.4) is 0 Å². The van der Waals surface area contributed by atoms with E-state index in [0.29, 0.717) is 16.9 Å². The van der Waals surface area contributed by atoms with Crippen LogP contribution in [0.15, 0.2) is 41.5 Å². The average Bonchev–Trinajstić information content (AvgIpc) is 2.94. The van der Waals surface area contributed by atoms with E-state index in [9.17, 15) is 0 Å². The van der Waals surface area contributed by atoms with Crippen molar-refractivity contribution < 1.29 is 0 Å². The topological polar surface area (TPSA) is 143 Å². The summed E-state index contributed by atoms with van der Waals surface area (Å²) >= 11 is 0. The summed E-state index contributed by atoms with van der Waals surface area (Å²) in [4.78, 5) is 12.5. The van der Waals surface area contributed by atoms with Gasteiger partial charge in [0.15, 0.2) is 0 Å². The van der Waals surface area contributed by atoms with Crippen LogP contribution in [0.5, 0.6) is 0 Å². The van der Waals surface area contributed by atoms with Gasteiger partial charge in [-0.3, -0.25) is 5.41 Å². The fraction of sp³-hybridized carbons (Fsp3) is 0.0556. The second kappa shape index (κ2) is 6.98. The first kappa shape index (κ1) is 17.0. The Hall–Kier alpha value is -3.81. The third kappa shape index (κ3) is 3.07. The Morgan fingerprint density at radius 3 is 2.73 bits per heavy atom. The van der Waals surface area contributed by atoms with E-state index in [0.717, 1.165) is 28.8 Å². The van der Waals surface area contributed by atoms with Crippen molar-refractivity contribution in [2.75, 3.05) is 5.73 Å². The molecule has 0 fully saturated rings. The molecule has 0 amide bonds. The first-order valence-corrected chi connectivity index (χ1v) is 7.79. The highest BCUT2D eigenvalue weighted by molar-refractivity contribution is 6.11. The molecule has 0 saturated carbocycles. The number of nitrogens with one attached hydrogen (secondary N) is 2. The Morgan fingerprint density at radius 1 is 1.23 bits per heavy atom. The number of amidine groups is 1. The van der Waals surface area contributed by atoms with Gasteiger partial charge in [0.2, 0.25) is 0 Å². The van der Waals surface area contributed by atoms with Crippen molar-refractivity contribution in [3.05, 3.63) is 47.9 Å². The maximum Gasteiger partial charge on any atom is 0.134 e. The lowest BCUT2D eigenvalue weighted by atomic mass is 10.0. The third-order valence-electron chi connectivity index (χ3n) is 3.90. The molecule has 0 aliphatic carbocycles. The Bertz CT molecular complexity index is 1060. The standard InChI is InChI=1S/C18H18N8/c1-11-25-17-14(18(22)24-10-20)7-13(12-3-5-23-16(21)9-12)8-15(17)26(11)6-2-4-19/h2-10,19H,1H3,(H2,21,23)(H3,20,22,24)/b6-2+,19-4?. The zero-order valence-corrected chi connectivity index (χ0v) is 14.1. The molecule has 0 saturated heterocycles. The zero-order valence-electron chi connectivity index (χ0n) is 14.1. The molecule has 8 heteroatoms. The number of benzene rings is 1. The van der Waals surface area contributed by atoms with E-state index < -0.39 is 0 Å². The van der Waals surface area contributed by atoms with Gasteiger partial charge < -0.3 is 21.4 Å². The van der Waals surface area contributed by atoms with Gasteiger partial charge in [0, 0.05) is 24.2 Å². The number of nitrogen functional groups attached to an aromatic ring is 1. The summed E-state index contributed by atoms with van der Waals surface area (Å²) in [7, 11) is 0. The Kier molecular flexibility index (Phi) is 4.57. The van der Waals surface area contributed by atoms with E-state index in [1.165, 1.54) is 6.21 Å². The first-order valence-electron chi connectivity index (χ1n) is 7.79. The predicted molar refractivity (Wildman–Crippen MR) is 106 cm³/mol. The zero-order chi connectivity index (χ0) is 18.7. The fourth-order valence-corrected chi connectivity index (χ4v) is 2.76. The van der Waals surface area contributed by atoms with Crippen LogP contribution in [0.4, 0.5) is 5.82 Å². The van der Waals surface area contributed by atoms with Crippen LogP contribution >= 0.6 is 0 Å². The van der Waals surface area contributed by atoms with Gasteiger partial charge in [0.1, 0.15) is 29.3 Å². The van der Waals surface area contributed by atoms with E-state index in [4.69, 9.17) is 22.3 Å². The number of imidazole rings is 1. The highest BCUT2D eigenvalue weighted by atomic mass is 15.1. The summed E-state index contributed by atoms with van der Waals surface area (Å²) in [6.45, 7) is 1.87. The second-order valence-electron chi connectivity index (χ2n) is 5.54. The lowest BCUT2D eigenvalue weighted by Gasteiger charge is -2.08. The molecule has 130 valence electrons. The monoisotopic (exact) mass is 346 g/mol. The van der Waals surface area contributed by atoms with Gasteiger partial charge in [-0.05, 0) is 48.4 Å². The summed E-state index contributed by atoms with van der Waals surface area (Å²) in [5.41, 5.74) is 15.7. The van der Waals surface area contributed by atoms with Gasteiger partial charge in [-0.1, -0.05) is 0 Å². The highest BCUT2D eigenvalue weighted by Gasteiger charge is 2.15. The third-order valence-corrected chi connectivity index (χ3v) is 3.90. The molecule has 0 unspecified atom stereocenters. The molecule has 6 N–H and O–H groups in total. The number of hydrogen-bond donors (Lipinski definition) is 4. The van der Waals surface area contributed by atoms with Crippen molar-refractivity contribution in [1.82, 2.24) is 14.5 Å². The fourth-order valence-electron chi connectivity index (χ4n) is 2.76. The van der Waals surface area contributed by atoms with Gasteiger partial charge in [-0.2, -0.15) is 0 Å². The number of rotatable bonds is 5. The van der Waals surface area contributed by atoms with E-state index in [-0.39, 0.29) is 5.84 Å². The van der Waals surface area contributed by atoms with E-state index in [1.54, 1.807) is 24.5 Å². The van der Waals surface area contributed by atoms with Crippen molar-refractivity contribution in [2.24, 2.45) is 10.7 Å². The number of aliphatic imine (C=N–C) groups is 1. The van der Waals surface area contributed by atoms with Crippen LogP contribution in [-0.4, -0.2) is 32.9 Å². The van der Waals surface area contributed by atoms with Gasteiger partial charge in [0.25, 0.3) is 0 Å². The number of fused-ring (bicyclic) bond motifs is 1. The van der Waals surface area contributed by atoms with Crippen molar-refractivity contribution >= 4 is 41.4 Å². The average molecular weight is 346 g/mol. The number of pyridine rings is 1. The molecule has 0 atom stereocenters. The van der Waals surface area contributed by atoms with Crippen molar-refractivity contribution in [3.8, 4) is 11.1 Å². The molecular formula is C18H18N8. The molecule has 0 bridgehead atoms. The summed E-state index contributed by atoms with van der Waals surface area (Å²) < 4.78 is 1.87. The summed E-state index contributed by atoms with van der Waals surface area (Å²) in [5.74, 6) is 1.36. The molecule has 2 heterocycles. The van der Waals surface area contributed by atoms with Crippen LogP contribution in [0, 0.1) is 17.7 Å². The molecule has 3 aromatic rings. The van der Waals surface area contributed by atoms with Crippen LogP contribution in [0.25, 0.3) is 28.4 Å². The minimum atomic E-state index is 0.203. The Morgan fingerprint density at radius 2 is 2.04 bits per heavy atom. The number of nitrogens with zero attached hydrogens (tertiary/aromatic N) is 4. The van der Waals surface area contributed by atoms with Crippen LogP contribution in [0.1, 0.15) is 11.4 Å². The predicted octanol–water partition coefficient (Wildman–Crippen LogP) is 2.42. The minimum Gasteiger partial charge on any atom is -0.384 e. The van der Waals surface area contributed by atoms with E-state index >= 15 is 0 Å². The summed E-state index contributed by atoms with van der Waals surface area (Å²) in [5, 5.41) is 14.4. The summed E-state index contributed by atoms with van der Waals surface area (Å²) in [6.07, 6.45) is 7.11. The van der Waals surface area contributed by atoms with E-state index in [1.807, 2.05) is 29.7 Å². The molecule has 0 spiro atoms. The van der Waals surface area contributed by atoms with Crippen LogP contribution < -0.4 is 11.5 Å². The Balaban J connectivity index is 2.36. The van der Waals surface area contributed by atoms with Gasteiger partial charge >= 0.3 is 0 Å². The lowest BCUT2D eigenvalue weighted by Crippen LogP contribution is -2.14. The number of nitrogens with two attached hydrogens (primary N) is 2. The number of aromatic nitrogens is 3. The highest BCUT2D eigenvalue weighted by Crippen LogP contribution is 2.29. The molecule has 0 radical (unpaired) electrons. The molecular weight excluding hydrogens is 328 g/mol. The van der Waals surface area contributed by atoms with Crippen LogP contribution in [0.2, 0.25) is 0 Å².